The molecule has 0 atom stereocenters. The number of carbonyl (C=O) groups is 1. The first-order valence-electron chi connectivity index (χ1n) is 10.8. The highest BCUT2D eigenvalue weighted by Gasteiger charge is 2.18. The van der Waals surface area contributed by atoms with Gasteiger partial charge in [-0.05, 0) is 59.2 Å². The summed E-state index contributed by atoms with van der Waals surface area (Å²) >= 11 is 0. The zero-order valence-electron chi connectivity index (χ0n) is 18.8. The van der Waals surface area contributed by atoms with Crippen molar-refractivity contribution in [3.63, 3.8) is 0 Å². The first kappa shape index (κ1) is 21.3. The van der Waals surface area contributed by atoms with E-state index in [0.29, 0.717) is 23.6 Å². The van der Waals surface area contributed by atoms with E-state index in [0.717, 1.165) is 27.8 Å². The van der Waals surface area contributed by atoms with Gasteiger partial charge in [-0.2, -0.15) is 0 Å². The van der Waals surface area contributed by atoms with E-state index in [9.17, 15) is 4.79 Å². The van der Waals surface area contributed by atoms with Crippen molar-refractivity contribution in [1.29, 1.82) is 0 Å². The molecule has 0 bridgehead atoms. The van der Waals surface area contributed by atoms with Crippen LogP contribution < -0.4 is 14.8 Å². The van der Waals surface area contributed by atoms with Crippen LogP contribution in [0.4, 0.5) is 5.69 Å². The maximum absolute atomic E-state index is 13.0. The van der Waals surface area contributed by atoms with Gasteiger partial charge in [0.25, 0.3) is 5.91 Å². The van der Waals surface area contributed by atoms with E-state index in [4.69, 9.17) is 13.9 Å². The number of methoxy groups -OCH3 is 2. The van der Waals surface area contributed by atoms with Crippen molar-refractivity contribution in [1.82, 2.24) is 9.55 Å². The molecule has 0 saturated carbocycles. The van der Waals surface area contributed by atoms with Crippen LogP contribution >= 0.6 is 0 Å². The van der Waals surface area contributed by atoms with Crippen molar-refractivity contribution in [3.8, 4) is 22.6 Å². The predicted octanol–water partition coefficient (Wildman–Crippen LogP) is 5.61. The zero-order chi connectivity index (χ0) is 23.5. The number of amides is 1. The second kappa shape index (κ2) is 9.15. The lowest BCUT2D eigenvalue weighted by molar-refractivity contribution is 0.0998. The molecule has 7 nitrogen and oxygen atoms in total. The number of hydrogen-bond donors (Lipinski definition) is 1. The van der Waals surface area contributed by atoms with E-state index < -0.39 is 0 Å². The summed E-state index contributed by atoms with van der Waals surface area (Å²) in [6.07, 6.45) is 5.43. The minimum absolute atomic E-state index is 0.205. The smallest absolute Gasteiger partial charge is 0.291 e. The van der Waals surface area contributed by atoms with Gasteiger partial charge in [0.15, 0.2) is 17.1 Å². The Bertz CT molecular complexity index is 1420. The molecule has 2 heterocycles. The third-order valence-corrected chi connectivity index (χ3v) is 5.63. The molecule has 1 N–H and O–H groups in total. The van der Waals surface area contributed by atoms with E-state index in [1.54, 1.807) is 32.8 Å². The molecule has 5 rings (SSSR count). The molecule has 0 saturated heterocycles. The van der Waals surface area contributed by atoms with Gasteiger partial charge in [-0.3, -0.25) is 4.79 Å². The molecule has 0 fully saturated rings. The number of anilines is 1. The second-order valence-electron chi connectivity index (χ2n) is 7.78. The van der Waals surface area contributed by atoms with Gasteiger partial charge in [0, 0.05) is 30.0 Å². The number of imidazole rings is 1. The Morgan fingerprint density at radius 2 is 1.79 bits per heavy atom. The average molecular weight is 453 g/mol. The fourth-order valence-electron chi connectivity index (χ4n) is 3.87. The molecule has 7 heteroatoms. The van der Waals surface area contributed by atoms with Gasteiger partial charge in [0.2, 0.25) is 0 Å². The maximum atomic E-state index is 13.0. The molecule has 0 unspecified atom stereocenters. The molecule has 170 valence electrons. The Morgan fingerprint density at radius 3 is 2.47 bits per heavy atom. The van der Waals surface area contributed by atoms with Crippen LogP contribution in [0.5, 0.6) is 11.5 Å². The number of carbonyl (C=O) groups excluding carboxylic acids is 1. The zero-order valence-corrected chi connectivity index (χ0v) is 18.8. The lowest BCUT2D eigenvalue weighted by atomic mass is 10.0. The van der Waals surface area contributed by atoms with Gasteiger partial charge < -0.3 is 23.8 Å². The molecule has 2 aromatic heterocycles. The quantitative estimate of drug-likeness (QED) is 0.346. The molecular weight excluding hydrogens is 430 g/mol. The van der Waals surface area contributed by atoms with Gasteiger partial charge in [0.05, 0.1) is 20.5 Å². The summed E-state index contributed by atoms with van der Waals surface area (Å²) in [7, 11) is 3.21. The minimum Gasteiger partial charge on any atom is -0.497 e. The van der Waals surface area contributed by atoms with Crippen LogP contribution in [0.1, 0.15) is 16.1 Å². The molecule has 0 aliphatic heterocycles. The van der Waals surface area contributed by atoms with Crippen molar-refractivity contribution in [2.75, 3.05) is 19.5 Å². The fraction of sp³-hybridized carbons (Fsp3) is 0.111. The largest absolute Gasteiger partial charge is 0.497 e. The number of furan rings is 1. The van der Waals surface area contributed by atoms with Gasteiger partial charge in [-0.1, -0.05) is 24.3 Å². The number of ether oxygens (including phenoxy) is 2. The Morgan fingerprint density at radius 1 is 1.00 bits per heavy atom. The lowest BCUT2D eigenvalue weighted by Crippen LogP contribution is -2.10. The van der Waals surface area contributed by atoms with Crippen molar-refractivity contribution >= 4 is 22.6 Å². The number of benzene rings is 3. The van der Waals surface area contributed by atoms with Crippen LogP contribution in [0.3, 0.4) is 0 Å². The number of nitrogens with one attached hydrogen (secondary N) is 1. The van der Waals surface area contributed by atoms with Gasteiger partial charge in [-0.15, -0.1) is 0 Å². The van der Waals surface area contributed by atoms with Gasteiger partial charge in [0.1, 0.15) is 5.75 Å². The minimum atomic E-state index is -0.332. The molecule has 0 aliphatic carbocycles. The summed E-state index contributed by atoms with van der Waals surface area (Å²) in [5.74, 6) is 1.21. The summed E-state index contributed by atoms with van der Waals surface area (Å²) < 4.78 is 18.7. The van der Waals surface area contributed by atoms with E-state index in [2.05, 4.69) is 10.3 Å². The van der Waals surface area contributed by atoms with Crippen LogP contribution in [-0.2, 0) is 6.54 Å². The molecule has 0 aliphatic rings. The summed E-state index contributed by atoms with van der Waals surface area (Å²) in [5.41, 5.74) is 4.23. The molecule has 5 aromatic rings. The Kier molecular flexibility index (Phi) is 5.74. The first-order valence-corrected chi connectivity index (χ1v) is 10.8. The lowest BCUT2D eigenvalue weighted by Gasteiger charge is -2.07. The average Bonchev–Trinajstić information content (AvgIpc) is 3.55. The van der Waals surface area contributed by atoms with E-state index in [-0.39, 0.29) is 11.7 Å². The normalized spacial score (nSPS) is 10.9. The van der Waals surface area contributed by atoms with Crippen LogP contribution in [0.25, 0.3) is 22.1 Å². The Labute approximate surface area is 196 Å². The van der Waals surface area contributed by atoms with Crippen LogP contribution in [0.15, 0.2) is 89.9 Å². The molecular formula is C27H23N3O4. The highest BCUT2D eigenvalue weighted by Crippen LogP contribution is 2.37. The Balaban J connectivity index is 1.41. The van der Waals surface area contributed by atoms with Crippen molar-refractivity contribution in [2.45, 2.75) is 6.54 Å². The van der Waals surface area contributed by atoms with E-state index >= 15 is 0 Å². The monoisotopic (exact) mass is 453 g/mol. The van der Waals surface area contributed by atoms with E-state index in [1.807, 2.05) is 71.4 Å². The highest BCUT2D eigenvalue weighted by molar-refractivity contribution is 6.07. The fourth-order valence-corrected chi connectivity index (χ4v) is 3.87. The number of hydrogen-bond acceptors (Lipinski definition) is 5. The standard InChI is InChI=1S/C27H23N3O4/c1-32-21-9-5-19(6-10-21)22-11-12-24(33-2)26-23(22)15-25(34-26)27(31)29-20-7-3-18(4-8-20)16-30-14-13-28-17-30/h3-15,17H,16H2,1-2H3,(H,29,31). The van der Waals surface area contributed by atoms with Crippen LogP contribution in [0, 0.1) is 0 Å². The van der Waals surface area contributed by atoms with Gasteiger partial charge in [-0.25, -0.2) is 4.98 Å². The maximum Gasteiger partial charge on any atom is 0.291 e. The molecule has 0 spiro atoms. The highest BCUT2D eigenvalue weighted by atomic mass is 16.5. The van der Waals surface area contributed by atoms with Gasteiger partial charge >= 0.3 is 0 Å². The van der Waals surface area contributed by atoms with Crippen molar-refractivity contribution in [2.24, 2.45) is 0 Å². The summed E-state index contributed by atoms with van der Waals surface area (Å²) in [5, 5.41) is 3.70. The summed E-state index contributed by atoms with van der Waals surface area (Å²) in [4.78, 5) is 17.0. The summed E-state index contributed by atoms with van der Waals surface area (Å²) in [6.45, 7) is 0.714. The Hall–Kier alpha value is -4.52. The van der Waals surface area contributed by atoms with Crippen molar-refractivity contribution in [3.05, 3.63) is 96.8 Å². The molecule has 34 heavy (non-hydrogen) atoms. The predicted molar refractivity (Wildman–Crippen MR) is 130 cm³/mol. The SMILES string of the molecule is COc1ccc(-c2ccc(OC)c3oc(C(=O)Nc4ccc(Cn5ccnc5)cc4)cc23)cc1. The number of fused-ring (bicyclic) bond motifs is 1. The third kappa shape index (κ3) is 4.23. The number of aromatic nitrogens is 2. The number of rotatable bonds is 7. The van der Waals surface area contributed by atoms with Crippen LogP contribution in [-0.4, -0.2) is 29.7 Å². The second-order valence-corrected chi connectivity index (χ2v) is 7.78. The third-order valence-electron chi connectivity index (χ3n) is 5.63. The first-order chi connectivity index (χ1) is 16.6. The van der Waals surface area contributed by atoms with Crippen molar-refractivity contribution < 1.29 is 18.7 Å². The van der Waals surface area contributed by atoms with Crippen LogP contribution in [0.2, 0.25) is 0 Å². The van der Waals surface area contributed by atoms with E-state index in [1.165, 1.54) is 0 Å². The molecule has 0 radical (unpaired) electrons. The summed E-state index contributed by atoms with van der Waals surface area (Å²) in [6, 6.07) is 21.0. The topological polar surface area (TPSA) is 78.5 Å². The molecule has 1 amide bonds. The molecule has 3 aromatic carbocycles. The number of nitrogens with zero attached hydrogens (tertiary/aromatic N) is 2.